The van der Waals surface area contributed by atoms with Crippen LogP contribution in [0.1, 0.15) is 36.5 Å². The van der Waals surface area contributed by atoms with Crippen molar-refractivity contribution in [1.29, 1.82) is 0 Å². The van der Waals surface area contributed by atoms with Gasteiger partial charge in [-0.1, -0.05) is 97.9 Å². The number of piperidine rings is 1. The van der Waals surface area contributed by atoms with Crippen LogP contribution in [0.4, 0.5) is 4.79 Å². The first-order valence-corrected chi connectivity index (χ1v) is 11.3. The molecule has 166 valence electrons. The topological polar surface area (TPSA) is 38.8 Å². The second kappa shape index (κ2) is 10.0. The highest BCUT2D eigenvalue weighted by atomic mass is 16.5. The molecule has 0 spiro atoms. The lowest BCUT2D eigenvalue weighted by atomic mass is 9.80. The summed E-state index contributed by atoms with van der Waals surface area (Å²) in [7, 11) is 1.45. The highest BCUT2D eigenvalue weighted by Crippen LogP contribution is 2.41. The minimum absolute atomic E-state index is 0.0332. The van der Waals surface area contributed by atoms with E-state index in [9.17, 15) is 4.79 Å². The lowest BCUT2D eigenvalue weighted by Gasteiger charge is -2.41. The van der Waals surface area contributed by atoms with E-state index in [4.69, 9.17) is 9.47 Å². The Labute approximate surface area is 190 Å². The van der Waals surface area contributed by atoms with Crippen LogP contribution in [0, 0.1) is 5.92 Å². The van der Waals surface area contributed by atoms with E-state index in [-0.39, 0.29) is 12.1 Å². The summed E-state index contributed by atoms with van der Waals surface area (Å²) in [5, 5.41) is 0. The Bertz CT molecular complexity index is 894. The minimum atomic E-state index is -0.783. The van der Waals surface area contributed by atoms with Gasteiger partial charge in [0.2, 0.25) is 0 Å². The molecule has 4 rings (SSSR count). The molecule has 1 saturated heterocycles. The zero-order valence-corrected chi connectivity index (χ0v) is 18.8. The van der Waals surface area contributed by atoms with E-state index in [0.717, 1.165) is 29.5 Å². The van der Waals surface area contributed by atoms with E-state index in [1.165, 1.54) is 7.11 Å². The molecule has 0 bridgehead atoms. The Morgan fingerprint density at radius 3 is 1.75 bits per heavy atom. The first-order chi connectivity index (χ1) is 15.6. The van der Waals surface area contributed by atoms with Crippen molar-refractivity contribution in [2.24, 2.45) is 5.92 Å². The number of carbonyl (C=O) groups is 1. The fourth-order valence-electron chi connectivity index (χ4n) is 4.71. The van der Waals surface area contributed by atoms with Gasteiger partial charge < -0.3 is 14.4 Å². The molecule has 4 nitrogen and oxygen atoms in total. The second-order valence-electron chi connectivity index (χ2n) is 8.55. The van der Waals surface area contributed by atoms with Crippen LogP contribution in [-0.2, 0) is 15.1 Å². The summed E-state index contributed by atoms with van der Waals surface area (Å²) < 4.78 is 12.0. The summed E-state index contributed by atoms with van der Waals surface area (Å²) in [6.45, 7) is 3.28. The van der Waals surface area contributed by atoms with Crippen molar-refractivity contribution < 1.29 is 14.3 Å². The van der Waals surface area contributed by atoms with E-state index in [2.05, 4.69) is 43.3 Å². The standard InChI is InChI=1S/C28H31NO3/c1-22-18-19-26(29(20-22)27(30)31-2)21-32-28(23-12-6-3-7-13-23,24-14-8-4-9-15-24)25-16-10-5-11-17-25/h3-17,22,26H,18-21H2,1-2H3/t22-,26+/m1/s1. The fraction of sp³-hybridized carbons (Fsp3) is 0.321. The van der Waals surface area contributed by atoms with Gasteiger partial charge in [0.25, 0.3) is 0 Å². The van der Waals surface area contributed by atoms with Gasteiger partial charge in [-0.2, -0.15) is 0 Å². The predicted octanol–water partition coefficient (Wildman–Crippen LogP) is 5.86. The molecular formula is C28H31NO3. The van der Waals surface area contributed by atoms with Crippen molar-refractivity contribution in [2.45, 2.75) is 31.4 Å². The van der Waals surface area contributed by atoms with Crippen LogP contribution >= 0.6 is 0 Å². The molecule has 3 aromatic rings. The molecule has 0 N–H and O–H groups in total. The molecule has 1 aliphatic rings. The lowest BCUT2D eigenvalue weighted by Crippen LogP contribution is -2.50. The minimum Gasteiger partial charge on any atom is -0.453 e. The third kappa shape index (κ3) is 4.42. The maximum atomic E-state index is 12.5. The number of amides is 1. The maximum absolute atomic E-state index is 12.5. The molecule has 1 aliphatic heterocycles. The Balaban J connectivity index is 1.77. The van der Waals surface area contributed by atoms with Gasteiger partial charge in [0, 0.05) is 6.54 Å². The van der Waals surface area contributed by atoms with Gasteiger partial charge in [0.1, 0.15) is 5.60 Å². The average molecular weight is 430 g/mol. The Hall–Kier alpha value is -3.11. The summed E-state index contributed by atoms with van der Waals surface area (Å²) in [6.07, 6.45) is 1.68. The van der Waals surface area contributed by atoms with E-state index in [0.29, 0.717) is 19.1 Å². The number of hydrogen-bond donors (Lipinski definition) is 0. The molecule has 1 amide bonds. The maximum Gasteiger partial charge on any atom is 0.409 e. The van der Waals surface area contributed by atoms with Gasteiger partial charge in [-0.25, -0.2) is 4.79 Å². The SMILES string of the molecule is COC(=O)N1C[C@H](C)CC[C@H]1COC(c1ccccc1)(c1ccccc1)c1ccccc1. The summed E-state index contributed by atoms with van der Waals surface area (Å²) >= 11 is 0. The predicted molar refractivity (Wildman–Crippen MR) is 126 cm³/mol. The highest BCUT2D eigenvalue weighted by molar-refractivity contribution is 5.68. The van der Waals surface area contributed by atoms with E-state index in [1.807, 2.05) is 59.5 Å². The molecular weight excluding hydrogens is 398 g/mol. The molecule has 1 heterocycles. The molecule has 2 atom stereocenters. The molecule has 0 unspecified atom stereocenters. The Morgan fingerprint density at radius 1 is 0.844 bits per heavy atom. The molecule has 3 aromatic carbocycles. The monoisotopic (exact) mass is 429 g/mol. The molecule has 4 heteroatoms. The van der Waals surface area contributed by atoms with Crippen molar-refractivity contribution in [3.63, 3.8) is 0 Å². The van der Waals surface area contributed by atoms with Crippen LogP contribution < -0.4 is 0 Å². The van der Waals surface area contributed by atoms with Crippen molar-refractivity contribution in [1.82, 2.24) is 4.90 Å². The summed E-state index contributed by atoms with van der Waals surface area (Å²) in [5.74, 6) is 0.451. The quantitative estimate of drug-likeness (QED) is 0.461. The van der Waals surface area contributed by atoms with Crippen LogP contribution in [0.15, 0.2) is 91.0 Å². The summed E-state index contributed by atoms with van der Waals surface area (Å²) in [4.78, 5) is 14.3. The number of methoxy groups -OCH3 is 1. The van der Waals surface area contributed by atoms with Gasteiger partial charge in [-0.3, -0.25) is 0 Å². The number of likely N-dealkylation sites (tertiary alicyclic amines) is 1. The average Bonchev–Trinajstić information content (AvgIpc) is 2.86. The van der Waals surface area contributed by atoms with E-state index < -0.39 is 5.60 Å². The zero-order chi connectivity index (χ0) is 22.4. The first-order valence-electron chi connectivity index (χ1n) is 11.3. The third-order valence-corrected chi connectivity index (χ3v) is 6.38. The Kier molecular flexibility index (Phi) is 6.91. The van der Waals surface area contributed by atoms with Gasteiger partial charge in [-0.05, 0) is 35.4 Å². The number of ether oxygens (including phenoxy) is 2. The van der Waals surface area contributed by atoms with Crippen LogP contribution in [0.3, 0.4) is 0 Å². The van der Waals surface area contributed by atoms with Crippen LogP contribution in [0.2, 0.25) is 0 Å². The lowest BCUT2D eigenvalue weighted by molar-refractivity contribution is -0.0341. The van der Waals surface area contributed by atoms with Crippen LogP contribution in [0.5, 0.6) is 0 Å². The number of nitrogens with zero attached hydrogens (tertiary/aromatic N) is 1. The van der Waals surface area contributed by atoms with Gasteiger partial charge in [-0.15, -0.1) is 0 Å². The number of rotatable bonds is 6. The largest absolute Gasteiger partial charge is 0.453 e. The molecule has 0 aromatic heterocycles. The highest BCUT2D eigenvalue weighted by Gasteiger charge is 2.40. The zero-order valence-electron chi connectivity index (χ0n) is 18.8. The first kappa shape index (κ1) is 22.1. The third-order valence-electron chi connectivity index (χ3n) is 6.38. The normalized spacial score (nSPS) is 18.9. The van der Waals surface area contributed by atoms with Crippen molar-refractivity contribution in [3.8, 4) is 0 Å². The summed E-state index contributed by atoms with van der Waals surface area (Å²) in [6, 6.07) is 31.0. The van der Waals surface area contributed by atoms with Crippen molar-refractivity contribution >= 4 is 6.09 Å². The number of benzene rings is 3. The molecule has 1 fully saturated rings. The van der Waals surface area contributed by atoms with Crippen LogP contribution in [0.25, 0.3) is 0 Å². The van der Waals surface area contributed by atoms with Gasteiger partial charge in [0.15, 0.2) is 0 Å². The van der Waals surface area contributed by atoms with Crippen LogP contribution in [-0.4, -0.2) is 37.3 Å². The van der Waals surface area contributed by atoms with Crippen molar-refractivity contribution in [3.05, 3.63) is 108 Å². The van der Waals surface area contributed by atoms with Gasteiger partial charge >= 0.3 is 6.09 Å². The van der Waals surface area contributed by atoms with Gasteiger partial charge in [0.05, 0.1) is 19.8 Å². The number of hydrogen-bond acceptors (Lipinski definition) is 3. The molecule has 0 aliphatic carbocycles. The molecule has 0 radical (unpaired) electrons. The van der Waals surface area contributed by atoms with Crippen molar-refractivity contribution in [2.75, 3.05) is 20.3 Å². The van der Waals surface area contributed by atoms with E-state index in [1.54, 1.807) is 0 Å². The molecule has 0 saturated carbocycles. The summed E-state index contributed by atoms with van der Waals surface area (Å²) in [5.41, 5.74) is 2.40. The Morgan fingerprint density at radius 2 is 1.31 bits per heavy atom. The molecule has 32 heavy (non-hydrogen) atoms. The second-order valence-corrected chi connectivity index (χ2v) is 8.55. The smallest absolute Gasteiger partial charge is 0.409 e. The van der Waals surface area contributed by atoms with E-state index >= 15 is 0 Å². The fourth-order valence-corrected chi connectivity index (χ4v) is 4.71. The number of carbonyl (C=O) groups excluding carboxylic acids is 1.